The number of rotatable bonds is 3. The lowest BCUT2D eigenvalue weighted by Gasteiger charge is -2.33. The lowest BCUT2D eigenvalue weighted by atomic mass is 9.98. The molecule has 0 radical (unpaired) electrons. The minimum atomic E-state index is -0.208. The standard InChI is InChI=1S/C18H22N4O2S/c1-11-4-3-5-13(10-11)15(21-8-6-14(23)7-9-21)16-17(24)22-18(25-16)19-12(2)20-22/h3-5,10,14-15,23-24H,6-9H2,1-2H3/p+1/t15-/m1/s1. The van der Waals surface area contributed by atoms with Crippen molar-refractivity contribution in [3.05, 3.63) is 46.1 Å². The summed E-state index contributed by atoms with van der Waals surface area (Å²) in [5.74, 6) is 0.847. The number of hydrogen-bond donors (Lipinski definition) is 3. The monoisotopic (exact) mass is 359 g/mol. The third-order valence-electron chi connectivity index (χ3n) is 4.95. The number of aromatic nitrogens is 3. The largest absolute Gasteiger partial charge is 0.492 e. The summed E-state index contributed by atoms with van der Waals surface area (Å²) in [6.07, 6.45) is 1.37. The van der Waals surface area contributed by atoms with Crippen molar-refractivity contribution >= 4 is 16.3 Å². The van der Waals surface area contributed by atoms with Crippen molar-refractivity contribution in [1.82, 2.24) is 14.6 Å². The number of nitrogens with one attached hydrogen (secondary N) is 1. The Balaban J connectivity index is 1.81. The molecule has 7 heteroatoms. The van der Waals surface area contributed by atoms with Crippen molar-refractivity contribution in [3.8, 4) is 5.88 Å². The Hall–Kier alpha value is -1.96. The summed E-state index contributed by atoms with van der Waals surface area (Å²) in [6, 6.07) is 8.48. The molecular weight excluding hydrogens is 336 g/mol. The summed E-state index contributed by atoms with van der Waals surface area (Å²) < 4.78 is 1.54. The van der Waals surface area contributed by atoms with Crippen LogP contribution in [0.2, 0.25) is 0 Å². The second-order valence-electron chi connectivity index (χ2n) is 6.88. The van der Waals surface area contributed by atoms with Gasteiger partial charge in [0.25, 0.3) is 0 Å². The van der Waals surface area contributed by atoms with E-state index in [4.69, 9.17) is 0 Å². The first-order chi connectivity index (χ1) is 12.0. The van der Waals surface area contributed by atoms with E-state index in [-0.39, 0.29) is 18.0 Å². The zero-order chi connectivity index (χ0) is 17.6. The Morgan fingerprint density at radius 1 is 1.28 bits per heavy atom. The molecule has 3 N–H and O–H groups in total. The van der Waals surface area contributed by atoms with E-state index >= 15 is 0 Å². The van der Waals surface area contributed by atoms with Gasteiger partial charge in [0.05, 0.1) is 19.2 Å². The molecule has 2 aromatic heterocycles. The Labute approximate surface area is 150 Å². The van der Waals surface area contributed by atoms with E-state index in [2.05, 4.69) is 41.3 Å². The fourth-order valence-corrected chi connectivity index (χ4v) is 4.91. The molecule has 0 unspecified atom stereocenters. The van der Waals surface area contributed by atoms with Gasteiger partial charge in [-0.2, -0.15) is 4.52 Å². The number of likely N-dealkylation sites (tertiary alicyclic amines) is 1. The third kappa shape index (κ3) is 3.03. The van der Waals surface area contributed by atoms with E-state index in [0.29, 0.717) is 5.82 Å². The molecule has 3 heterocycles. The summed E-state index contributed by atoms with van der Waals surface area (Å²) in [5.41, 5.74) is 2.39. The normalized spacial score (nSPS) is 22.4. The highest BCUT2D eigenvalue weighted by molar-refractivity contribution is 7.17. The van der Waals surface area contributed by atoms with Crippen molar-refractivity contribution in [2.45, 2.75) is 38.8 Å². The molecule has 0 aliphatic carbocycles. The molecule has 3 aromatic rings. The Morgan fingerprint density at radius 2 is 2.04 bits per heavy atom. The quantitative estimate of drug-likeness (QED) is 0.658. The minimum Gasteiger partial charge on any atom is -0.492 e. The molecule has 132 valence electrons. The minimum absolute atomic E-state index is 0.0289. The summed E-state index contributed by atoms with van der Waals surface area (Å²) in [7, 11) is 0. The molecule has 1 saturated heterocycles. The first-order valence-electron chi connectivity index (χ1n) is 8.67. The van der Waals surface area contributed by atoms with Crippen molar-refractivity contribution in [2.24, 2.45) is 0 Å². The van der Waals surface area contributed by atoms with Gasteiger partial charge in [-0.1, -0.05) is 35.1 Å². The zero-order valence-corrected chi connectivity index (χ0v) is 15.3. The van der Waals surface area contributed by atoms with Gasteiger partial charge in [0.15, 0.2) is 6.04 Å². The van der Waals surface area contributed by atoms with Gasteiger partial charge in [0.2, 0.25) is 10.8 Å². The fourth-order valence-electron chi connectivity index (χ4n) is 3.72. The van der Waals surface area contributed by atoms with Crippen LogP contribution in [-0.2, 0) is 0 Å². The van der Waals surface area contributed by atoms with E-state index in [1.54, 1.807) is 0 Å². The molecule has 0 spiro atoms. The number of benzene rings is 1. The predicted octanol–water partition coefficient (Wildman–Crippen LogP) is 1.24. The van der Waals surface area contributed by atoms with Crippen molar-refractivity contribution in [1.29, 1.82) is 0 Å². The molecule has 1 aliphatic heterocycles. The lowest BCUT2D eigenvalue weighted by Crippen LogP contribution is -3.13. The van der Waals surface area contributed by atoms with Crippen LogP contribution in [-0.4, -0.2) is 44.0 Å². The van der Waals surface area contributed by atoms with Crippen LogP contribution in [0.3, 0.4) is 0 Å². The van der Waals surface area contributed by atoms with Crippen LogP contribution in [0.4, 0.5) is 0 Å². The summed E-state index contributed by atoms with van der Waals surface area (Å²) in [6.45, 7) is 5.67. The number of piperidine rings is 1. The van der Waals surface area contributed by atoms with Crippen LogP contribution in [0.1, 0.15) is 40.7 Å². The van der Waals surface area contributed by atoms with E-state index < -0.39 is 0 Å². The number of hydrogen-bond acceptors (Lipinski definition) is 5. The van der Waals surface area contributed by atoms with Gasteiger partial charge in [-0.25, -0.2) is 4.98 Å². The number of aromatic hydroxyl groups is 1. The number of fused-ring (bicyclic) bond motifs is 1. The maximum Gasteiger partial charge on any atom is 0.235 e. The Morgan fingerprint density at radius 3 is 2.72 bits per heavy atom. The van der Waals surface area contributed by atoms with Gasteiger partial charge in [0, 0.05) is 18.4 Å². The summed E-state index contributed by atoms with van der Waals surface area (Å²) in [5, 5.41) is 25.0. The average molecular weight is 359 g/mol. The van der Waals surface area contributed by atoms with Crippen LogP contribution in [0, 0.1) is 13.8 Å². The number of aliphatic hydroxyl groups is 1. The second-order valence-corrected chi connectivity index (χ2v) is 7.89. The van der Waals surface area contributed by atoms with Crippen molar-refractivity contribution < 1.29 is 15.1 Å². The molecule has 1 atom stereocenters. The molecule has 1 fully saturated rings. The summed E-state index contributed by atoms with van der Waals surface area (Å²) in [4.78, 5) is 7.39. The molecular formula is C18H23N4O2S+. The Kier molecular flexibility index (Phi) is 4.23. The number of aliphatic hydroxyl groups excluding tert-OH is 1. The van der Waals surface area contributed by atoms with E-state index in [0.717, 1.165) is 35.8 Å². The predicted molar refractivity (Wildman–Crippen MR) is 96.2 cm³/mol. The molecule has 0 saturated carbocycles. The van der Waals surface area contributed by atoms with Gasteiger partial charge < -0.3 is 15.1 Å². The molecule has 6 nitrogen and oxygen atoms in total. The fraction of sp³-hybridized carbons (Fsp3) is 0.444. The van der Waals surface area contributed by atoms with Crippen molar-refractivity contribution in [3.63, 3.8) is 0 Å². The highest BCUT2D eigenvalue weighted by Gasteiger charge is 2.35. The molecule has 25 heavy (non-hydrogen) atoms. The second kappa shape index (κ2) is 6.40. The van der Waals surface area contributed by atoms with Gasteiger partial charge in [-0.05, 0) is 19.9 Å². The van der Waals surface area contributed by atoms with E-state index in [1.807, 2.05) is 6.92 Å². The SMILES string of the molecule is Cc1cccc([C@H](c2sc3nc(C)nn3c2O)[NH+]2CCC(O)CC2)c1. The highest BCUT2D eigenvalue weighted by atomic mass is 32.1. The first-order valence-corrected chi connectivity index (χ1v) is 9.49. The molecule has 1 aromatic carbocycles. The number of thiazole rings is 1. The molecule has 1 aliphatic rings. The third-order valence-corrected chi connectivity index (χ3v) is 6.03. The Bertz CT molecular complexity index is 896. The summed E-state index contributed by atoms with van der Waals surface area (Å²) >= 11 is 1.50. The van der Waals surface area contributed by atoms with Gasteiger partial charge >= 0.3 is 0 Å². The van der Waals surface area contributed by atoms with Crippen LogP contribution < -0.4 is 4.90 Å². The van der Waals surface area contributed by atoms with E-state index in [9.17, 15) is 10.2 Å². The highest BCUT2D eigenvalue weighted by Crippen LogP contribution is 2.35. The van der Waals surface area contributed by atoms with Gasteiger partial charge in [0.1, 0.15) is 10.7 Å². The zero-order valence-electron chi connectivity index (χ0n) is 14.4. The number of quaternary nitrogens is 1. The number of nitrogens with zero attached hydrogens (tertiary/aromatic N) is 3. The lowest BCUT2D eigenvalue weighted by molar-refractivity contribution is -0.931. The average Bonchev–Trinajstić information content (AvgIpc) is 3.08. The van der Waals surface area contributed by atoms with Gasteiger partial charge in [-0.15, -0.1) is 5.10 Å². The van der Waals surface area contributed by atoms with Crippen LogP contribution in [0.5, 0.6) is 5.88 Å². The van der Waals surface area contributed by atoms with E-state index in [1.165, 1.54) is 31.9 Å². The van der Waals surface area contributed by atoms with Crippen LogP contribution in [0.15, 0.2) is 24.3 Å². The molecule has 0 bridgehead atoms. The maximum atomic E-state index is 10.8. The van der Waals surface area contributed by atoms with Gasteiger partial charge in [-0.3, -0.25) is 0 Å². The van der Waals surface area contributed by atoms with Crippen molar-refractivity contribution in [2.75, 3.05) is 13.1 Å². The van der Waals surface area contributed by atoms with Crippen LogP contribution in [0.25, 0.3) is 4.96 Å². The molecule has 4 rings (SSSR count). The number of aryl methyl sites for hydroxylation is 2. The maximum absolute atomic E-state index is 10.8. The smallest absolute Gasteiger partial charge is 0.235 e. The topological polar surface area (TPSA) is 75.1 Å². The molecule has 0 amide bonds. The first kappa shape index (κ1) is 16.5. The van der Waals surface area contributed by atoms with Crippen LogP contribution >= 0.6 is 11.3 Å².